The van der Waals surface area contributed by atoms with E-state index < -0.39 is 17.5 Å². The van der Waals surface area contributed by atoms with Gasteiger partial charge in [-0.1, -0.05) is 5.92 Å². The highest BCUT2D eigenvalue weighted by Gasteiger charge is 2.16. The molecule has 1 N–H and O–H groups in total. The van der Waals surface area contributed by atoms with Crippen LogP contribution in [0.1, 0.15) is 6.92 Å². The smallest absolute Gasteiger partial charge is 0.300 e. The summed E-state index contributed by atoms with van der Waals surface area (Å²) < 4.78 is 26.6. The average molecular weight is 400 g/mol. The molecule has 0 aliphatic rings. The van der Waals surface area contributed by atoms with Gasteiger partial charge in [0.1, 0.15) is 5.82 Å². The number of amides is 1. The highest BCUT2D eigenvalue weighted by molar-refractivity contribution is 14.1. The topological polar surface area (TPSA) is 29.1 Å². The second kappa shape index (κ2) is 5.59. The van der Waals surface area contributed by atoms with Crippen molar-refractivity contribution in [3.63, 3.8) is 0 Å². The number of carbonyl (C=O) groups is 1. The lowest BCUT2D eigenvalue weighted by atomic mass is 10.3. The summed E-state index contributed by atoms with van der Waals surface area (Å²) >= 11 is 4.48. The molecule has 0 aromatic heterocycles. The first-order chi connectivity index (χ1) is 7.47. The van der Waals surface area contributed by atoms with Crippen molar-refractivity contribution in [1.82, 2.24) is 0 Å². The van der Waals surface area contributed by atoms with Crippen molar-refractivity contribution in [2.24, 2.45) is 0 Å². The van der Waals surface area contributed by atoms with Crippen LogP contribution in [0.25, 0.3) is 0 Å². The van der Waals surface area contributed by atoms with Crippen molar-refractivity contribution in [2.45, 2.75) is 6.92 Å². The third-order valence-corrected chi connectivity index (χ3v) is 3.17. The molecule has 0 unspecified atom stereocenters. The van der Waals surface area contributed by atoms with Gasteiger partial charge in [0.2, 0.25) is 0 Å². The molecule has 1 aromatic carbocycles. The zero-order valence-corrected chi connectivity index (χ0v) is 11.7. The number of rotatable bonds is 1. The zero-order valence-electron chi connectivity index (χ0n) is 8.00. The van der Waals surface area contributed by atoms with E-state index in [1.54, 1.807) is 22.6 Å². The summed E-state index contributed by atoms with van der Waals surface area (Å²) in [5.41, 5.74) is -0.0818. The first-order valence-corrected chi connectivity index (χ1v) is 5.91. The third kappa shape index (κ3) is 2.92. The van der Waals surface area contributed by atoms with Crippen LogP contribution in [-0.4, -0.2) is 5.91 Å². The maximum Gasteiger partial charge on any atom is 0.300 e. The van der Waals surface area contributed by atoms with Crippen LogP contribution in [0, 0.1) is 27.0 Å². The molecule has 2 nitrogen and oxygen atoms in total. The Morgan fingerprint density at radius 2 is 2.19 bits per heavy atom. The Balaban J connectivity index is 3.18. The van der Waals surface area contributed by atoms with Gasteiger partial charge in [-0.3, -0.25) is 4.79 Å². The quantitative estimate of drug-likeness (QED) is 0.334. The fourth-order valence-corrected chi connectivity index (χ4v) is 1.90. The maximum atomic E-state index is 13.6. The van der Waals surface area contributed by atoms with Gasteiger partial charge >= 0.3 is 0 Å². The normalized spacial score (nSPS) is 9.31. The van der Waals surface area contributed by atoms with Crippen LogP contribution in [0.2, 0.25) is 0 Å². The number of benzene rings is 1. The van der Waals surface area contributed by atoms with E-state index in [2.05, 4.69) is 33.1 Å². The van der Waals surface area contributed by atoms with Crippen molar-refractivity contribution in [2.75, 3.05) is 5.32 Å². The molecule has 0 aliphatic heterocycles. The number of hydrogen-bond acceptors (Lipinski definition) is 1. The van der Waals surface area contributed by atoms with Gasteiger partial charge in [-0.25, -0.2) is 8.78 Å². The fraction of sp³-hybridized carbons (Fsp3) is 0.100. The van der Waals surface area contributed by atoms with E-state index >= 15 is 0 Å². The Morgan fingerprint density at radius 3 is 2.75 bits per heavy atom. The minimum absolute atomic E-state index is 0.0818. The van der Waals surface area contributed by atoms with Gasteiger partial charge in [0.05, 0.1) is 10.2 Å². The van der Waals surface area contributed by atoms with Crippen molar-refractivity contribution < 1.29 is 13.6 Å². The highest BCUT2D eigenvalue weighted by atomic mass is 127. The summed E-state index contributed by atoms with van der Waals surface area (Å²) in [6, 6.07) is 1.11. The molecular weight excluding hydrogens is 395 g/mol. The number of halogens is 4. The second-order valence-corrected chi connectivity index (χ2v) is 4.63. The molecule has 0 saturated heterocycles. The third-order valence-electron chi connectivity index (χ3n) is 1.59. The first kappa shape index (κ1) is 13.4. The molecule has 16 heavy (non-hydrogen) atoms. The number of anilines is 1. The summed E-state index contributed by atoms with van der Waals surface area (Å²) in [5.74, 6) is 2.37. The Kier molecular flexibility index (Phi) is 4.68. The summed E-state index contributed by atoms with van der Waals surface area (Å²) in [6.07, 6.45) is 0. The minimum atomic E-state index is -0.851. The van der Waals surface area contributed by atoms with Crippen LogP contribution in [0.15, 0.2) is 10.5 Å². The summed E-state index contributed by atoms with van der Waals surface area (Å²) in [4.78, 5) is 11.1. The fourth-order valence-electron chi connectivity index (χ4n) is 0.939. The van der Waals surface area contributed by atoms with Gasteiger partial charge in [-0.2, -0.15) is 0 Å². The predicted molar refractivity (Wildman–Crippen MR) is 68.9 cm³/mol. The molecule has 0 atom stereocenters. The molecule has 1 aromatic rings. The molecule has 0 saturated carbocycles. The Bertz CT molecular complexity index is 508. The molecule has 6 heteroatoms. The van der Waals surface area contributed by atoms with E-state index in [-0.39, 0.29) is 13.7 Å². The molecule has 1 rings (SSSR count). The van der Waals surface area contributed by atoms with Gasteiger partial charge < -0.3 is 5.32 Å². The molecular formula is C10H5BrF2INO. The molecule has 0 aliphatic carbocycles. The monoisotopic (exact) mass is 399 g/mol. The SMILES string of the molecule is CC#CC(=O)Nc1c(I)cc(F)c(Br)c1F. The lowest BCUT2D eigenvalue weighted by Gasteiger charge is -2.08. The van der Waals surface area contributed by atoms with Gasteiger partial charge in [0, 0.05) is 3.57 Å². The van der Waals surface area contributed by atoms with Crippen LogP contribution in [-0.2, 0) is 4.79 Å². The molecule has 1 amide bonds. The van der Waals surface area contributed by atoms with Crippen LogP contribution >= 0.6 is 38.5 Å². The number of hydrogen-bond donors (Lipinski definition) is 1. The molecule has 0 bridgehead atoms. The van der Waals surface area contributed by atoms with Crippen molar-refractivity contribution in [1.29, 1.82) is 0 Å². The zero-order chi connectivity index (χ0) is 12.3. The van der Waals surface area contributed by atoms with E-state index in [1.807, 2.05) is 0 Å². The Morgan fingerprint density at radius 1 is 1.56 bits per heavy atom. The molecule has 0 fully saturated rings. The van der Waals surface area contributed by atoms with E-state index in [9.17, 15) is 13.6 Å². The summed E-state index contributed by atoms with van der Waals surface area (Å²) in [5, 5.41) is 2.26. The molecule has 0 spiro atoms. The Hall–Kier alpha value is -0.680. The van der Waals surface area contributed by atoms with Crippen LogP contribution in [0.5, 0.6) is 0 Å². The van der Waals surface area contributed by atoms with E-state index in [0.29, 0.717) is 0 Å². The van der Waals surface area contributed by atoms with Crippen LogP contribution in [0.4, 0.5) is 14.5 Å². The van der Waals surface area contributed by atoms with Gasteiger partial charge in [0.25, 0.3) is 5.91 Å². The number of carbonyl (C=O) groups excluding carboxylic acids is 1. The summed E-state index contributed by atoms with van der Waals surface area (Å²) in [6.45, 7) is 1.49. The predicted octanol–water partition coefficient (Wildman–Crippen LogP) is 3.29. The van der Waals surface area contributed by atoms with Crippen molar-refractivity contribution in [3.8, 4) is 11.8 Å². The van der Waals surface area contributed by atoms with Crippen molar-refractivity contribution in [3.05, 3.63) is 25.7 Å². The second-order valence-electron chi connectivity index (χ2n) is 2.67. The van der Waals surface area contributed by atoms with Crippen LogP contribution in [0.3, 0.4) is 0 Å². The van der Waals surface area contributed by atoms with Crippen LogP contribution < -0.4 is 5.32 Å². The largest absolute Gasteiger partial charge is 0.312 e. The Labute approximate surface area is 113 Å². The number of nitrogens with one attached hydrogen (secondary N) is 1. The lowest BCUT2D eigenvalue weighted by Crippen LogP contribution is -2.12. The maximum absolute atomic E-state index is 13.6. The summed E-state index contributed by atoms with van der Waals surface area (Å²) in [7, 11) is 0. The average Bonchev–Trinajstić information content (AvgIpc) is 2.22. The van der Waals surface area contributed by atoms with E-state index in [1.165, 1.54) is 6.92 Å². The lowest BCUT2D eigenvalue weighted by molar-refractivity contribution is -0.111. The standard InChI is InChI=1S/C10H5BrF2INO/c1-2-3-7(16)15-10-6(14)4-5(12)8(11)9(10)13/h4H,1H3,(H,15,16). The van der Waals surface area contributed by atoms with E-state index in [0.717, 1.165) is 6.07 Å². The van der Waals surface area contributed by atoms with E-state index in [4.69, 9.17) is 0 Å². The molecule has 0 heterocycles. The van der Waals surface area contributed by atoms with Gasteiger partial charge in [-0.05, 0) is 57.4 Å². The molecule has 0 radical (unpaired) electrons. The minimum Gasteiger partial charge on any atom is -0.312 e. The van der Waals surface area contributed by atoms with Crippen molar-refractivity contribution >= 4 is 50.1 Å². The first-order valence-electron chi connectivity index (χ1n) is 4.04. The van der Waals surface area contributed by atoms with Gasteiger partial charge in [-0.15, -0.1) is 0 Å². The highest BCUT2D eigenvalue weighted by Crippen LogP contribution is 2.30. The van der Waals surface area contributed by atoms with Gasteiger partial charge in [0.15, 0.2) is 5.82 Å². The molecule has 84 valence electrons.